The van der Waals surface area contributed by atoms with E-state index in [0.29, 0.717) is 5.69 Å². The Labute approximate surface area is 129 Å². The topological polar surface area (TPSA) is 46.4 Å². The molecule has 0 radical (unpaired) electrons. The Kier molecular flexibility index (Phi) is 4.48. The molecule has 0 fully saturated rings. The lowest BCUT2D eigenvalue weighted by molar-refractivity contribution is -0.384. The molecular weight excluding hydrogens is 288 g/mol. The van der Waals surface area contributed by atoms with Crippen LogP contribution in [0.25, 0.3) is 0 Å². The van der Waals surface area contributed by atoms with Crippen LogP contribution >= 0.6 is 11.6 Å². The first-order valence-electron chi connectivity index (χ1n) is 6.58. The van der Waals surface area contributed by atoms with Crippen LogP contribution in [0.3, 0.4) is 0 Å². The second kappa shape index (κ2) is 6.14. The molecule has 0 atom stereocenters. The van der Waals surface area contributed by atoms with Crippen LogP contribution in [-0.4, -0.2) is 12.0 Å². The Hall–Kier alpha value is -2.07. The van der Waals surface area contributed by atoms with Gasteiger partial charge in [-0.1, -0.05) is 23.8 Å². The number of halogens is 1. The molecule has 0 bridgehead atoms. The minimum absolute atomic E-state index is 0.0654. The minimum Gasteiger partial charge on any atom is -0.339 e. The quantitative estimate of drug-likeness (QED) is 0.466. The molecule has 0 aliphatic heterocycles. The summed E-state index contributed by atoms with van der Waals surface area (Å²) in [5.74, 6) is 0.258. The first-order chi connectivity index (χ1) is 9.93. The van der Waals surface area contributed by atoms with Crippen LogP contribution < -0.4 is 4.90 Å². The van der Waals surface area contributed by atoms with Gasteiger partial charge in [0.25, 0.3) is 5.69 Å². The van der Waals surface area contributed by atoms with Crippen LogP contribution in [0.4, 0.5) is 17.1 Å². The maximum atomic E-state index is 11.3. The van der Waals surface area contributed by atoms with Crippen LogP contribution in [0.1, 0.15) is 16.7 Å². The van der Waals surface area contributed by atoms with Gasteiger partial charge in [-0.15, -0.1) is 11.6 Å². The lowest BCUT2D eigenvalue weighted by atomic mass is 10.1. The summed E-state index contributed by atoms with van der Waals surface area (Å²) in [4.78, 5) is 12.8. The minimum atomic E-state index is -0.370. The summed E-state index contributed by atoms with van der Waals surface area (Å²) in [5.41, 5.74) is 4.55. The van der Waals surface area contributed by atoms with Gasteiger partial charge in [-0.25, -0.2) is 0 Å². The Balaban J connectivity index is 2.52. The predicted octanol–water partition coefficient (Wildman–Crippen LogP) is 4.72. The van der Waals surface area contributed by atoms with Gasteiger partial charge in [0, 0.05) is 24.7 Å². The number of aryl methyl sites for hydroxylation is 2. The maximum absolute atomic E-state index is 11.3. The summed E-state index contributed by atoms with van der Waals surface area (Å²) in [7, 11) is 1.83. The molecule has 2 aromatic rings. The van der Waals surface area contributed by atoms with Crippen molar-refractivity contribution in [2.24, 2.45) is 0 Å². The van der Waals surface area contributed by atoms with E-state index in [4.69, 9.17) is 11.6 Å². The van der Waals surface area contributed by atoms with Crippen molar-refractivity contribution in [1.82, 2.24) is 0 Å². The molecule has 0 saturated heterocycles. The Bertz CT molecular complexity index is 686. The molecule has 110 valence electrons. The highest BCUT2D eigenvalue weighted by Crippen LogP contribution is 2.35. The molecule has 5 heteroatoms. The van der Waals surface area contributed by atoms with Gasteiger partial charge < -0.3 is 4.90 Å². The molecule has 0 saturated carbocycles. The van der Waals surface area contributed by atoms with Gasteiger partial charge in [0.15, 0.2) is 0 Å². The maximum Gasteiger partial charge on any atom is 0.293 e. The average Bonchev–Trinajstić information content (AvgIpc) is 2.46. The van der Waals surface area contributed by atoms with E-state index in [1.54, 1.807) is 6.07 Å². The van der Waals surface area contributed by atoms with Gasteiger partial charge in [-0.05, 0) is 37.1 Å². The fraction of sp³-hybridized carbons (Fsp3) is 0.250. The van der Waals surface area contributed by atoms with Crippen molar-refractivity contribution in [3.05, 3.63) is 63.2 Å². The van der Waals surface area contributed by atoms with Gasteiger partial charge in [-0.2, -0.15) is 0 Å². The third-order valence-electron chi connectivity index (χ3n) is 3.47. The van der Waals surface area contributed by atoms with Crippen molar-refractivity contribution in [2.75, 3.05) is 11.9 Å². The van der Waals surface area contributed by atoms with E-state index in [0.717, 1.165) is 22.4 Å². The largest absolute Gasteiger partial charge is 0.339 e. The van der Waals surface area contributed by atoms with Gasteiger partial charge in [0.05, 0.1) is 4.92 Å². The van der Waals surface area contributed by atoms with Crippen LogP contribution in [0.15, 0.2) is 36.4 Å². The zero-order valence-electron chi connectivity index (χ0n) is 12.3. The number of alkyl halides is 1. The zero-order chi connectivity index (χ0) is 15.6. The summed E-state index contributed by atoms with van der Waals surface area (Å²) < 4.78 is 0. The number of anilines is 2. The molecule has 0 N–H and O–H groups in total. The Morgan fingerprint density at radius 1 is 1.14 bits per heavy atom. The second-order valence-electron chi connectivity index (χ2n) is 5.06. The molecule has 0 heterocycles. The first-order valence-corrected chi connectivity index (χ1v) is 7.11. The molecule has 0 aromatic heterocycles. The van der Waals surface area contributed by atoms with Gasteiger partial charge >= 0.3 is 0 Å². The highest BCUT2D eigenvalue weighted by atomic mass is 35.5. The number of nitro benzene ring substituents is 1. The van der Waals surface area contributed by atoms with Gasteiger partial charge in [0.1, 0.15) is 5.69 Å². The van der Waals surface area contributed by atoms with E-state index in [-0.39, 0.29) is 16.5 Å². The van der Waals surface area contributed by atoms with E-state index in [1.807, 2.05) is 44.0 Å². The van der Waals surface area contributed by atoms with Crippen molar-refractivity contribution < 1.29 is 4.92 Å². The first kappa shape index (κ1) is 15.3. The van der Waals surface area contributed by atoms with Gasteiger partial charge in [-0.3, -0.25) is 10.1 Å². The standard InChI is InChI=1S/C16H17ClN2O2/c1-11-4-6-14(12(2)8-11)18(3)15-7-5-13(10-17)9-16(15)19(20)21/h4-9H,10H2,1-3H3. The summed E-state index contributed by atoms with van der Waals surface area (Å²) >= 11 is 5.76. The van der Waals surface area contributed by atoms with E-state index >= 15 is 0 Å². The van der Waals surface area contributed by atoms with E-state index in [2.05, 4.69) is 6.07 Å². The zero-order valence-corrected chi connectivity index (χ0v) is 13.0. The number of nitrogens with zero attached hydrogens (tertiary/aromatic N) is 2. The molecule has 2 aromatic carbocycles. The number of benzene rings is 2. The molecule has 0 amide bonds. The fourth-order valence-electron chi connectivity index (χ4n) is 2.39. The van der Waals surface area contributed by atoms with E-state index in [1.165, 1.54) is 6.07 Å². The van der Waals surface area contributed by atoms with Crippen LogP contribution in [0.5, 0.6) is 0 Å². The molecular formula is C16H17ClN2O2. The normalized spacial score (nSPS) is 10.5. The Morgan fingerprint density at radius 2 is 1.81 bits per heavy atom. The van der Waals surface area contributed by atoms with Crippen LogP contribution in [0.2, 0.25) is 0 Å². The molecule has 4 nitrogen and oxygen atoms in total. The highest BCUT2D eigenvalue weighted by Gasteiger charge is 2.19. The number of hydrogen-bond donors (Lipinski definition) is 0. The third kappa shape index (κ3) is 3.16. The summed E-state index contributed by atoms with van der Waals surface area (Å²) in [5, 5.41) is 11.3. The number of nitro groups is 1. The van der Waals surface area contributed by atoms with E-state index in [9.17, 15) is 10.1 Å². The molecule has 0 unspecified atom stereocenters. The molecule has 0 aliphatic rings. The van der Waals surface area contributed by atoms with Crippen molar-refractivity contribution in [2.45, 2.75) is 19.7 Å². The van der Waals surface area contributed by atoms with Crippen molar-refractivity contribution in [1.29, 1.82) is 0 Å². The van der Waals surface area contributed by atoms with Crippen molar-refractivity contribution >= 4 is 28.7 Å². The SMILES string of the molecule is Cc1ccc(N(C)c2ccc(CCl)cc2[N+](=O)[O-])c(C)c1. The van der Waals surface area contributed by atoms with E-state index < -0.39 is 0 Å². The lowest BCUT2D eigenvalue weighted by Gasteiger charge is -2.22. The Morgan fingerprint density at radius 3 is 2.38 bits per heavy atom. The predicted molar refractivity (Wildman–Crippen MR) is 86.6 cm³/mol. The number of rotatable bonds is 4. The van der Waals surface area contributed by atoms with Crippen LogP contribution in [0, 0.1) is 24.0 Å². The average molecular weight is 305 g/mol. The highest BCUT2D eigenvalue weighted by molar-refractivity contribution is 6.17. The summed E-state index contributed by atoms with van der Waals surface area (Å²) in [6.07, 6.45) is 0. The molecule has 21 heavy (non-hydrogen) atoms. The van der Waals surface area contributed by atoms with Gasteiger partial charge in [0.2, 0.25) is 0 Å². The molecule has 2 rings (SSSR count). The smallest absolute Gasteiger partial charge is 0.293 e. The summed E-state index contributed by atoms with van der Waals surface area (Å²) in [6, 6.07) is 11.1. The molecule has 0 spiro atoms. The van der Waals surface area contributed by atoms with Crippen molar-refractivity contribution in [3.8, 4) is 0 Å². The third-order valence-corrected chi connectivity index (χ3v) is 3.77. The molecule has 0 aliphatic carbocycles. The summed E-state index contributed by atoms with van der Waals surface area (Å²) in [6.45, 7) is 4.02. The second-order valence-corrected chi connectivity index (χ2v) is 5.33. The number of hydrogen-bond acceptors (Lipinski definition) is 3. The van der Waals surface area contributed by atoms with Crippen LogP contribution in [-0.2, 0) is 5.88 Å². The monoisotopic (exact) mass is 304 g/mol. The fourth-order valence-corrected chi connectivity index (χ4v) is 2.56. The lowest BCUT2D eigenvalue weighted by Crippen LogP contribution is -2.13. The van der Waals surface area contributed by atoms with Crippen molar-refractivity contribution in [3.63, 3.8) is 0 Å².